The topological polar surface area (TPSA) is 32.8 Å². The van der Waals surface area contributed by atoms with Crippen LogP contribution in [0.5, 0.6) is 0 Å². The van der Waals surface area contributed by atoms with Crippen molar-refractivity contribution >= 4 is 5.91 Å². The third-order valence-electron chi connectivity index (χ3n) is 4.06. The van der Waals surface area contributed by atoms with Crippen LogP contribution in [0.25, 0.3) is 0 Å². The van der Waals surface area contributed by atoms with Gasteiger partial charge in [0.25, 0.3) is 0 Å². The fourth-order valence-corrected chi connectivity index (χ4v) is 2.85. The zero-order chi connectivity index (χ0) is 12.3. The summed E-state index contributed by atoms with van der Waals surface area (Å²) >= 11 is 0. The Labute approximate surface area is 104 Å². The number of rotatable bonds is 4. The largest absolute Gasteiger partial charge is 0.384 e. The molecule has 0 bridgehead atoms. The smallest absolute Gasteiger partial charge is 0.225 e. The Morgan fingerprint density at radius 1 is 1.29 bits per heavy atom. The van der Waals surface area contributed by atoms with Crippen molar-refractivity contribution in [2.75, 3.05) is 46.4 Å². The fraction of sp³-hybridized carbons (Fsp3) is 0.923. The first kappa shape index (κ1) is 12.8. The van der Waals surface area contributed by atoms with E-state index in [0.29, 0.717) is 11.8 Å². The molecule has 2 rings (SSSR count). The first-order valence-corrected chi connectivity index (χ1v) is 6.74. The van der Waals surface area contributed by atoms with Crippen LogP contribution < -0.4 is 0 Å². The van der Waals surface area contributed by atoms with Crippen LogP contribution in [-0.2, 0) is 9.53 Å². The molecule has 0 aromatic rings. The third-order valence-corrected chi connectivity index (χ3v) is 4.06. The van der Waals surface area contributed by atoms with E-state index in [1.807, 2.05) is 4.90 Å². The maximum Gasteiger partial charge on any atom is 0.225 e. The third kappa shape index (κ3) is 2.99. The predicted octanol–water partition coefficient (Wildman–Crippen LogP) is 0.823. The molecule has 1 amide bonds. The molecule has 2 saturated heterocycles. The highest BCUT2D eigenvalue weighted by Gasteiger charge is 2.35. The molecule has 0 N–H and O–H groups in total. The van der Waals surface area contributed by atoms with Crippen molar-refractivity contribution in [1.29, 1.82) is 0 Å². The molecule has 0 aromatic carbocycles. The second kappa shape index (κ2) is 5.83. The number of amides is 1. The Kier molecular flexibility index (Phi) is 4.40. The molecule has 0 spiro atoms. The maximum atomic E-state index is 12.2. The van der Waals surface area contributed by atoms with E-state index in [-0.39, 0.29) is 5.92 Å². The Morgan fingerprint density at radius 3 is 2.47 bits per heavy atom. The van der Waals surface area contributed by atoms with E-state index < -0.39 is 0 Å². The van der Waals surface area contributed by atoms with Gasteiger partial charge in [-0.2, -0.15) is 0 Å². The van der Waals surface area contributed by atoms with Crippen LogP contribution >= 0.6 is 0 Å². The van der Waals surface area contributed by atoms with E-state index >= 15 is 0 Å². The van der Waals surface area contributed by atoms with Crippen molar-refractivity contribution in [3.63, 3.8) is 0 Å². The molecule has 0 unspecified atom stereocenters. The average Bonchev–Trinajstić information content (AvgIpc) is 2.32. The summed E-state index contributed by atoms with van der Waals surface area (Å²) in [6.45, 7) is 8.07. The van der Waals surface area contributed by atoms with Gasteiger partial charge in [-0.15, -0.1) is 0 Å². The number of hydrogen-bond acceptors (Lipinski definition) is 3. The number of methoxy groups -OCH3 is 1. The van der Waals surface area contributed by atoms with E-state index in [2.05, 4.69) is 11.8 Å². The second-order valence-electron chi connectivity index (χ2n) is 5.27. The number of likely N-dealkylation sites (tertiary alicyclic amines) is 2. The minimum Gasteiger partial charge on any atom is -0.384 e. The summed E-state index contributed by atoms with van der Waals surface area (Å²) in [6, 6.07) is 0. The van der Waals surface area contributed by atoms with Gasteiger partial charge >= 0.3 is 0 Å². The fourth-order valence-electron chi connectivity index (χ4n) is 2.85. The molecule has 0 saturated carbocycles. The van der Waals surface area contributed by atoms with Crippen LogP contribution in [0.4, 0.5) is 0 Å². The SMILES string of the molecule is CCN1CCC(C(=O)N2CC(COC)C2)CC1. The van der Waals surface area contributed by atoms with Gasteiger partial charge in [-0.3, -0.25) is 4.79 Å². The summed E-state index contributed by atoms with van der Waals surface area (Å²) in [5, 5.41) is 0. The highest BCUT2D eigenvalue weighted by atomic mass is 16.5. The molecular weight excluding hydrogens is 216 g/mol. The van der Waals surface area contributed by atoms with E-state index in [1.165, 1.54) is 0 Å². The maximum absolute atomic E-state index is 12.2. The molecule has 2 heterocycles. The van der Waals surface area contributed by atoms with Gasteiger partial charge in [-0.25, -0.2) is 0 Å². The molecule has 98 valence electrons. The standard InChI is InChI=1S/C13H24N2O2/c1-3-14-6-4-12(5-7-14)13(16)15-8-11(9-15)10-17-2/h11-12H,3-10H2,1-2H3. The number of carbonyl (C=O) groups is 1. The number of piperidine rings is 1. The monoisotopic (exact) mass is 240 g/mol. The summed E-state index contributed by atoms with van der Waals surface area (Å²) < 4.78 is 5.10. The first-order chi connectivity index (χ1) is 8.24. The quantitative estimate of drug-likeness (QED) is 0.729. The average molecular weight is 240 g/mol. The molecule has 4 heteroatoms. The molecule has 2 aliphatic rings. The van der Waals surface area contributed by atoms with Crippen molar-refractivity contribution in [2.45, 2.75) is 19.8 Å². The summed E-state index contributed by atoms with van der Waals surface area (Å²) in [4.78, 5) is 16.6. The van der Waals surface area contributed by atoms with E-state index in [1.54, 1.807) is 7.11 Å². The lowest BCUT2D eigenvalue weighted by atomic mass is 9.92. The van der Waals surface area contributed by atoms with Crippen LogP contribution in [0.3, 0.4) is 0 Å². The Hall–Kier alpha value is -0.610. The number of nitrogens with zero attached hydrogens (tertiary/aromatic N) is 2. The summed E-state index contributed by atoms with van der Waals surface area (Å²) in [5.74, 6) is 1.23. The van der Waals surface area contributed by atoms with Gasteiger partial charge in [0.1, 0.15) is 0 Å². The van der Waals surface area contributed by atoms with Crippen LogP contribution in [-0.4, -0.2) is 62.1 Å². The van der Waals surface area contributed by atoms with Crippen molar-refractivity contribution in [3.05, 3.63) is 0 Å². The Bertz CT molecular complexity index is 256. The highest BCUT2D eigenvalue weighted by molar-refractivity contribution is 5.79. The van der Waals surface area contributed by atoms with Crippen LogP contribution in [0.2, 0.25) is 0 Å². The predicted molar refractivity (Wildman–Crippen MR) is 66.8 cm³/mol. The molecular formula is C13H24N2O2. The molecule has 0 radical (unpaired) electrons. The zero-order valence-corrected chi connectivity index (χ0v) is 11.0. The van der Waals surface area contributed by atoms with Crippen molar-refractivity contribution in [1.82, 2.24) is 9.80 Å². The lowest BCUT2D eigenvalue weighted by Gasteiger charge is -2.42. The number of carbonyl (C=O) groups excluding carboxylic acids is 1. The van der Waals surface area contributed by atoms with E-state index in [0.717, 1.165) is 52.2 Å². The molecule has 2 aliphatic heterocycles. The number of hydrogen-bond donors (Lipinski definition) is 0. The van der Waals surface area contributed by atoms with Gasteiger partial charge in [0.05, 0.1) is 6.61 Å². The lowest BCUT2D eigenvalue weighted by molar-refractivity contribution is -0.144. The Morgan fingerprint density at radius 2 is 1.94 bits per heavy atom. The first-order valence-electron chi connectivity index (χ1n) is 6.74. The van der Waals surface area contributed by atoms with Crippen molar-refractivity contribution in [2.24, 2.45) is 11.8 Å². The van der Waals surface area contributed by atoms with Crippen LogP contribution in [0.15, 0.2) is 0 Å². The molecule has 0 atom stereocenters. The van der Waals surface area contributed by atoms with Crippen LogP contribution in [0, 0.1) is 11.8 Å². The Balaban J connectivity index is 1.71. The molecule has 0 aliphatic carbocycles. The van der Waals surface area contributed by atoms with Gasteiger partial charge in [-0.05, 0) is 32.5 Å². The molecule has 0 aromatic heterocycles. The highest BCUT2D eigenvalue weighted by Crippen LogP contribution is 2.24. The van der Waals surface area contributed by atoms with Crippen molar-refractivity contribution < 1.29 is 9.53 Å². The molecule has 17 heavy (non-hydrogen) atoms. The van der Waals surface area contributed by atoms with E-state index in [9.17, 15) is 4.79 Å². The van der Waals surface area contributed by atoms with Gasteiger partial charge in [0.15, 0.2) is 0 Å². The molecule has 4 nitrogen and oxygen atoms in total. The second-order valence-corrected chi connectivity index (χ2v) is 5.27. The summed E-state index contributed by atoms with van der Waals surface area (Å²) in [5.41, 5.74) is 0. The van der Waals surface area contributed by atoms with Gasteiger partial charge in [-0.1, -0.05) is 6.92 Å². The van der Waals surface area contributed by atoms with Crippen LogP contribution in [0.1, 0.15) is 19.8 Å². The summed E-state index contributed by atoms with van der Waals surface area (Å²) in [6.07, 6.45) is 2.08. The van der Waals surface area contributed by atoms with Crippen molar-refractivity contribution in [3.8, 4) is 0 Å². The zero-order valence-electron chi connectivity index (χ0n) is 11.0. The van der Waals surface area contributed by atoms with Gasteiger partial charge in [0, 0.05) is 32.0 Å². The van der Waals surface area contributed by atoms with Gasteiger partial charge in [0.2, 0.25) is 5.91 Å². The normalized spacial score (nSPS) is 23.8. The minimum absolute atomic E-state index is 0.279. The molecule has 2 fully saturated rings. The number of ether oxygens (including phenoxy) is 1. The minimum atomic E-state index is 0.279. The lowest BCUT2D eigenvalue weighted by Crippen LogP contribution is -2.54. The summed E-state index contributed by atoms with van der Waals surface area (Å²) in [7, 11) is 1.73. The van der Waals surface area contributed by atoms with Gasteiger partial charge < -0.3 is 14.5 Å². The van der Waals surface area contributed by atoms with E-state index in [4.69, 9.17) is 4.74 Å².